The second-order valence-electron chi connectivity index (χ2n) is 5.94. The monoisotopic (exact) mass is 370 g/mol. The molecule has 0 aromatic carbocycles. The van der Waals surface area contributed by atoms with E-state index in [1.54, 1.807) is 23.8 Å². The molecule has 8 heteroatoms. The second kappa shape index (κ2) is 7.58. The maximum Gasteiger partial charge on any atom is 0.521 e. The fraction of sp³-hybridized carbons (Fsp3) is 0.500. The van der Waals surface area contributed by atoms with E-state index in [-0.39, 0.29) is 29.9 Å². The van der Waals surface area contributed by atoms with Gasteiger partial charge in [0.05, 0.1) is 18.2 Å². The third-order valence-electron chi connectivity index (χ3n) is 4.44. The van der Waals surface area contributed by atoms with Crippen molar-refractivity contribution in [2.45, 2.75) is 44.4 Å². The summed E-state index contributed by atoms with van der Waals surface area (Å²) in [6, 6.07) is 1.32. The maximum absolute atomic E-state index is 12.8. The molecule has 1 saturated heterocycles. The summed E-state index contributed by atoms with van der Waals surface area (Å²) in [6.45, 7) is 3.31. The number of carbonyl (C=O) groups is 4. The SMILES string of the molecule is CC(=O)SC(CC(=O)[N+]1(C(=O)O)CCC[C@H]1C)C(=O)c1ccsc1. The summed E-state index contributed by atoms with van der Waals surface area (Å²) in [4.78, 5) is 48.6. The van der Waals surface area contributed by atoms with Crippen LogP contribution in [0.4, 0.5) is 4.79 Å². The van der Waals surface area contributed by atoms with Crippen molar-refractivity contribution in [3.63, 3.8) is 0 Å². The Morgan fingerprint density at radius 3 is 2.58 bits per heavy atom. The Bertz CT molecular complexity index is 657. The molecule has 0 aliphatic carbocycles. The molecule has 1 aromatic heterocycles. The minimum absolute atomic E-state index is 0.236. The number of thiophene rings is 1. The predicted molar refractivity (Wildman–Crippen MR) is 92.2 cm³/mol. The molecule has 0 radical (unpaired) electrons. The number of quaternary nitrogens is 1. The molecule has 1 aliphatic heterocycles. The molecule has 2 rings (SSSR count). The highest BCUT2D eigenvalue weighted by molar-refractivity contribution is 8.14. The lowest BCUT2D eigenvalue weighted by Gasteiger charge is -2.30. The molecule has 1 aromatic rings. The maximum atomic E-state index is 12.8. The summed E-state index contributed by atoms with van der Waals surface area (Å²) >= 11 is 2.15. The van der Waals surface area contributed by atoms with E-state index < -0.39 is 21.7 Å². The van der Waals surface area contributed by atoms with Crippen LogP contribution in [0.2, 0.25) is 0 Å². The minimum Gasteiger partial charge on any atom is -0.435 e. The van der Waals surface area contributed by atoms with Crippen LogP contribution in [-0.4, -0.2) is 50.3 Å². The number of likely N-dealkylation sites (tertiary alicyclic amines) is 1. The first-order valence-electron chi connectivity index (χ1n) is 7.67. The zero-order valence-corrected chi connectivity index (χ0v) is 15.2. The summed E-state index contributed by atoms with van der Waals surface area (Å²) < 4.78 is -0.647. The van der Waals surface area contributed by atoms with Crippen LogP contribution in [0.25, 0.3) is 0 Å². The van der Waals surface area contributed by atoms with Gasteiger partial charge in [0, 0.05) is 30.7 Å². The molecule has 0 bridgehead atoms. The van der Waals surface area contributed by atoms with Crippen molar-refractivity contribution in [3.05, 3.63) is 22.4 Å². The Morgan fingerprint density at radius 2 is 2.12 bits per heavy atom. The highest BCUT2D eigenvalue weighted by Crippen LogP contribution is 2.31. The van der Waals surface area contributed by atoms with Gasteiger partial charge in [0.1, 0.15) is 6.04 Å². The van der Waals surface area contributed by atoms with Gasteiger partial charge >= 0.3 is 12.0 Å². The standard InChI is InChI=1S/C16H19NO5S2/c1-10-4-3-6-17(10,16(21)22)14(19)8-13(24-11(2)18)15(20)12-5-7-23-9-12/h5,7,9-10,13H,3-4,6,8H2,1-2H3/p+1/t10-,13?,17?/m1/s1. The molecule has 130 valence electrons. The molecule has 2 amide bonds. The molecular formula is C16H20NO5S2+. The molecule has 24 heavy (non-hydrogen) atoms. The van der Waals surface area contributed by atoms with E-state index in [4.69, 9.17) is 0 Å². The average molecular weight is 370 g/mol. The number of carbonyl (C=O) groups excluding carboxylic acids is 3. The number of Topliss-reactive ketones (excluding diaryl/α,β-unsaturated/α-hetero) is 1. The van der Waals surface area contributed by atoms with E-state index in [1.807, 2.05) is 0 Å². The summed E-state index contributed by atoms with van der Waals surface area (Å²) in [6.07, 6.45) is -0.127. The Morgan fingerprint density at radius 1 is 1.42 bits per heavy atom. The number of hydrogen-bond acceptors (Lipinski definition) is 6. The Labute approximate surface area is 148 Å². The lowest BCUT2D eigenvalue weighted by Crippen LogP contribution is -2.59. The lowest BCUT2D eigenvalue weighted by atomic mass is 10.1. The van der Waals surface area contributed by atoms with Crippen molar-refractivity contribution >= 4 is 46.0 Å². The van der Waals surface area contributed by atoms with Crippen LogP contribution in [-0.2, 0) is 9.59 Å². The number of nitrogens with zero attached hydrogens (tertiary/aromatic N) is 1. The number of amides is 2. The van der Waals surface area contributed by atoms with Gasteiger partial charge in [0.15, 0.2) is 10.9 Å². The Balaban J connectivity index is 2.25. The molecule has 0 spiro atoms. The molecule has 1 N–H and O–H groups in total. The van der Waals surface area contributed by atoms with Crippen LogP contribution in [0.3, 0.4) is 0 Å². The smallest absolute Gasteiger partial charge is 0.435 e. The highest BCUT2D eigenvalue weighted by atomic mass is 32.2. The van der Waals surface area contributed by atoms with E-state index in [9.17, 15) is 24.3 Å². The number of thioether (sulfide) groups is 1. The normalized spacial score (nSPS) is 24.5. The van der Waals surface area contributed by atoms with Crippen molar-refractivity contribution < 1.29 is 28.8 Å². The first-order chi connectivity index (χ1) is 11.3. The summed E-state index contributed by atoms with van der Waals surface area (Å²) in [5.41, 5.74) is 0.447. The summed E-state index contributed by atoms with van der Waals surface area (Å²) in [5.74, 6) is -0.810. The lowest BCUT2D eigenvalue weighted by molar-refractivity contribution is -0.792. The topological polar surface area (TPSA) is 88.5 Å². The second-order valence-corrected chi connectivity index (χ2v) is 8.10. The van der Waals surface area contributed by atoms with Gasteiger partial charge in [-0.3, -0.25) is 9.59 Å². The molecule has 2 heterocycles. The Kier molecular flexibility index (Phi) is 5.95. The van der Waals surface area contributed by atoms with Gasteiger partial charge in [-0.2, -0.15) is 20.6 Å². The first-order valence-corrected chi connectivity index (χ1v) is 9.49. The van der Waals surface area contributed by atoms with Crippen molar-refractivity contribution in [2.24, 2.45) is 0 Å². The van der Waals surface area contributed by atoms with E-state index >= 15 is 0 Å². The van der Waals surface area contributed by atoms with E-state index in [0.717, 1.165) is 11.8 Å². The minimum atomic E-state index is -1.18. The van der Waals surface area contributed by atoms with Crippen LogP contribution in [0.15, 0.2) is 16.8 Å². The first kappa shape index (κ1) is 18.8. The van der Waals surface area contributed by atoms with Gasteiger partial charge in [0.25, 0.3) is 0 Å². The summed E-state index contributed by atoms with van der Waals surface area (Å²) in [5, 5.41) is 11.9. The van der Waals surface area contributed by atoms with Crippen LogP contribution in [0.1, 0.15) is 43.5 Å². The number of imide groups is 1. The van der Waals surface area contributed by atoms with Crippen molar-refractivity contribution in [3.8, 4) is 0 Å². The Hall–Kier alpha value is -1.51. The van der Waals surface area contributed by atoms with Gasteiger partial charge in [-0.1, -0.05) is 11.8 Å². The van der Waals surface area contributed by atoms with Gasteiger partial charge in [-0.15, -0.1) is 0 Å². The van der Waals surface area contributed by atoms with Crippen molar-refractivity contribution in [2.75, 3.05) is 6.54 Å². The van der Waals surface area contributed by atoms with Crippen molar-refractivity contribution in [1.29, 1.82) is 0 Å². The van der Waals surface area contributed by atoms with Gasteiger partial charge in [-0.25, -0.2) is 4.79 Å². The fourth-order valence-corrected chi connectivity index (χ4v) is 4.65. The zero-order chi connectivity index (χ0) is 17.9. The fourth-order valence-electron chi connectivity index (χ4n) is 3.14. The molecule has 3 atom stereocenters. The third-order valence-corrected chi connectivity index (χ3v) is 6.12. The predicted octanol–water partition coefficient (Wildman–Crippen LogP) is 3.17. The molecule has 6 nitrogen and oxygen atoms in total. The number of hydrogen-bond donors (Lipinski definition) is 1. The third kappa shape index (κ3) is 3.60. The zero-order valence-electron chi connectivity index (χ0n) is 13.6. The van der Waals surface area contributed by atoms with Gasteiger partial charge < -0.3 is 5.11 Å². The molecule has 1 fully saturated rings. The molecular weight excluding hydrogens is 350 g/mol. The van der Waals surface area contributed by atoms with Gasteiger partial charge in [0.2, 0.25) is 0 Å². The molecule has 1 aliphatic rings. The average Bonchev–Trinajstić information content (AvgIpc) is 3.14. The van der Waals surface area contributed by atoms with Crippen LogP contribution < -0.4 is 0 Å². The van der Waals surface area contributed by atoms with Crippen LogP contribution in [0.5, 0.6) is 0 Å². The van der Waals surface area contributed by atoms with Crippen LogP contribution in [0, 0.1) is 0 Å². The van der Waals surface area contributed by atoms with Crippen molar-refractivity contribution in [1.82, 2.24) is 0 Å². The summed E-state index contributed by atoms with van der Waals surface area (Å²) in [7, 11) is 0. The van der Waals surface area contributed by atoms with E-state index in [2.05, 4.69) is 0 Å². The largest absolute Gasteiger partial charge is 0.521 e. The molecule has 0 saturated carbocycles. The number of carboxylic acid groups (broad SMARTS) is 1. The highest BCUT2D eigenvalue weighted by Gasteiger charge is 2.53. The quantitative estimate of drug-likeness (QED) is 0.633. The number of ketones is 1. The number of rotatable bonds is 5. The van der Waals surface area contributed by atoms with Gasteiger partial charge in [-0.05, 0) is 18.4 Å². The van der Waals surface area contributed by atoms with Crippen LogP contribution >= 0.6 is 23.1 Å². The van der Waals surface area contributed by atoms with E-state index in [1.165, 1.54) is 18.3 Å². The van der Waals surface area contributed by atoms with E-state index in [0.29, 0.717) is 18.4 Å². The molecule has 2 unspecified atom stereocenters.